The quantitative estimate of drug-likeness (QED) is 0.427. The molecular formula is C21H19N3O4S3. The molecule has 7 nitrogen and oxygen atoms in total. The van der Waals surface area contributed by atoms with Crippen molar-refractivity contribution in [3.63, 3.8) is 0 Å². The first-order valence-corrected chi connectivity index (χ1v) is 12.1. The topological polar surface area (TPSA) is 101 Å². The van der Waals surface area contributed by atoms with Crippen LogP contribution >= 0.6 is 24.0 Å². The van der Waals surface area contributed by atoms with E-state index in [1.54, 1.807) is 63.5 Å². The second-order valence-electron chi connectivity index (χ2n) is 7.36. The molecule has 1 saturated heterocycles. The van der Waals surface area contributed by atoms with Crippen molar-refractivity contribution in [1.29, 1.82) is 0 Å². The Hall–Kier alpha value is -2.53. The van der Waals surface area contributed by atoms with Gasteiger partial charge in [-0.15, -0.1) is 0 Å². The van der Waals surface area contributed by atoms with Crippen LogP contribution in [-0.2, 0) is 14.8 Å². The SMILES string of the molecule is Cc1cc(-c2cncc3cc(/C=C4/SC(=S)NC4=O)oc23)ccc1S(=O)(=O)NC(C)C. The van der Waals surface area contributed by atoms with E-state index in [4.69, 9.17) is 16.6 Å². The molecule has 1 aliphatic heterocycles. The third kappa shape index (κ3) is 4.42. The molecule has 1 amide bonds. The van der Waals surface area contributed by atoms with Crippen molar-refractivity contribution in [3.8, 4) is 11.1 Å². The molecule has 0 saturated carbocycles. The zero-order valence-electron chi connectivity index (χ0n) is 16.9. The minimum Gasteiger partial charge on any atom is -0.456 e. The summed E-state index contributed by atoms with van der Waals surface area (Å²) < 4.78 is 34.1. The molecular weight excluding hydrogens is 454 g/mol. The third-order valence-corrected chi connectivity index (χ3v) is 7.50. The molecule has 10 heteroatoms. The molecule has 0 aliphatic carbocycles. The number of nitrogens with one attached hydrogen (secondary N) is 2. The minimum absolute atomic E-state index is 0.202. The maximum Gasteiger partial charge on any atom is 0.263 e. The highest BCUT2D eigenvalue weighted by Crippen LogP contribution is 2.34. The van der Waals surface area contributed by atoms with Crippen LogP contribution in [0.2, 0.25) is 0 Å². The van der Waals surface area contributed by atoms with Crippen molar-refractivity contribution < 1.29 is 17.6 Å². The molecule has 0 radical (unpaired) electrons. The molecule has 2 N–H and O–H groups in total. The van der Waals surface area contributed by atoms with E-state index in [-0.39, 0.29) is 16.8 Å². The summed E-state index contributed by atoms with van der Waals surface area (Å²) in [6.45, 7) is 5.31. The van der Waals surface area contributed by atoms with Gasteiger partial charge in [-0.05, 0) is 50.1 Å². The standard InChI is InChI=1S/C21H19N3O4S3/c1-11(2)24-31(26,27)18-5-4-13(6-12(18)3)16-10-22-9-14-7-15(28-19(14)16)8-17-20(25)23-21(29)30-17/h4-11,24H,1-3H3,(H,23,25,29)/b17-8+. The average molecular weight is 474 g/mol. The summed E-state index contributed by atoms with van der Waals surface area (Å²) in [5, 5.41) is 3.34. The van der Waals surface area contributed by atoms with E-state index in [9.17, 15) is 13.2 Å². The molecule has 4 rings (SSSR count). The monoisotopic (exact) mass is 473 g/mol. The smallest absolute Gasteiger partial charge is 0.263 e. The number of aryl methyl sites for hydroxylation is 1. The summed E-state index contributed by atoms with van der Waals surface area (Å²) >= 11 is 6.19. The lowest BCUT2D eigenvalue weighted by atomic mass is 10.0. The number of fused-ring (bicyclic) bond motifs is 1. The van der Waals surface area contributed by atoms with E-state index in [0.717, 1.165) is 16.5 Å². The van der Waals surface area contributed by atoms with Crippen LogP contribution in [0.25, 0.3) is 28.2 Å². The van der Waals surface area contributed by atoms with Crippen molar-refractivity contribution >= 4 is 61.3 Å². The van der Waals surface area contributed by atoms with Gasteiger partial charge in [-0.2, -0.15) is 0 Å². The van der Waals surface area contributed by atoms with Crippen molar-refractivity contribution in [2.75, 3.05) is 0 Å². The van der Waals surface area contributed by atoms with Crippen LogP contribution in [0.1, 0.15) is 25.2 Å². The number of benzene rings is 1. The Morgan fingerprint density at radius 2 is 2.03 bits per heavy atom. The van der Waals surface area contributed by atoms with Crippen LogP contribution < -0.4 is 10.0 Å². The number of thiocarbonyl (C=S) groups is 1. The lowest BCUT2D eigenvalue weighted by molar-refractivity contribution is -0.115. The van der Waals surface area contributed by atoms with Gasteiger partial charge in [0.05, 0.1) is 9.80 Å². The molecule has 1 aromatic carbocycles. The van der Waals surface area contributed by atoms with Crippen LogP contribution in [0.4, 0.5) is 0 Å². The Bertz CT molecular complexity index is 1360. The number of nitrogens with zero attached hydrogens (tertiary/aromatic N) is 1. The lowest BCUT2D eigenvalue weighted by Gasteiger charge is -2.13. The van der Waals surface area contributed by atoms with Gasteiger partial charge in [0.15, 0.2) is 0 Å². The van der Waals surface area contributed by atoms with Gasteiger partial charge in [0.1, 0.15) is 15.7 Å². The highest BCUT2D eigenvalue weighted by atomic mass is 32.2. The zero-order chi connectivity index (χ0) is 22.3. The zero-order valence-corrected chi connectivity index (χ0v) is 19.4. The molecule has 0 unspecified atom stereocenters. The molecule has 0 spiro atoms. The van der Waals surface area contributed by atoms with Crippen LogP contribution in [0.15, 0.2) is 50.9 Å². The van der Waals surface area contributed by atoms with Gasteiger partial charge >= 0.3 is 0 Å². The summed E-state index contributed by atoms with van der Waals surface area (Å²) in [7, 11) is -3.60. The number of carbonyl (C=O) groups is 1. The maximum atomic E-state index is 12.5. The fourth-order valence-electron chi connectivity index (χ4n) is 3.30. The number of hydrogen-bond donors (Lipinski definition) is 2. The Labute approximate surface area is 189 Å². The van der Waals surface area contributed by atoms with Crippen LogP contribution in [0, 0.1) is 6.92 Å². The number of amides is 1. The van der Waals surface area contributed by atoms with Gasteiger partial charge in [-0.1, -0.05) is 30.0 Å². The van der Waals surface area contributed by atoms with Crippen molar-refractivity contribution in [2.24, 2.45) is 0 Å². The second-order valence-corrected chi connectivity index (χ2v) is 10.8. The van der Waals surface area contributed by atoms with Crippen LogP contribution in [-0.4, -0.2) is 29.7 Å². The van der Waals surface area contributed by atoms with E-state index < -0.39 is 10.0 Å². The number of thioether (sulfide) groups is 1. The number of aromatic nitrogens is 1. The number of rotatable bonds is 5. The van der Waals surface area contributed by atoms with Gasteiger partial charge in [0, 0.05) is 35.5 Å². The van der Waals surface area contributed by atoms with E-state index in [0.29, 0.717) is 26.1 Å². The highest BCUT2D eigenvalue weighted by molar-refractivity contribution is 8.26. The Morgan fingerprint density at radius 3 is 2.68 bits per heavy atom. The summed E-state index contributed by atoms with van der Waals surface area (Å²) in [5.41, 5.74) is 2.72. The molecule has 160 valence electrons. The van der Waals surface area contributed by atoms with Crippen LogP contribution in [0.5, 0.6) is 0 Å². The Kier molecular flexibility index (Phi) is 5.73. The largest absolute Gasteiger partial charge is 0.456 e. The van der Waals surface area contributed by atoms with Gasteiger partial charge in [0.25, 0.3) is 5.91 Å². The molecule has 3 aromatic rings. The normalized spacial score (nSPS) is 15.9. The number of furan rings is 1. The van der Waals surface area contributed by atoms with Crippen molar-refractivity contribution in [2.45, 2.75) is 31.7 Å². The predicted octanol–water partition coefficient (Wildman–Crippen LogP) is 3.98. The number of sulfonamides is 1. The Balaban J connectivity index is 1.74. The average Bonchev–Trinajstić information content (AvgIpc) is 3.22. The maximum absolute atomic E-state index is 12.5. The van der Waals surface area contributed by atoms with Gasteiger partial charge in [-0.3, -0.25) is 9.78 Å². The van der Waals surface area contributed by atoms with Gasteiger partial charge in [-0.25, -0.2) is 13.1 Å². The van der Waals surface area contributed by atoms with Gasteiger partial charge < -0.3 is 9.73 Å². The lowest BCUT2D eigenvalue weighted by Crippen LogP contribution is -2.30. The number of pyridine rings is 1. The van der Waals surface area contributed by atoms with Crippen molar-refractivity contribution in [3.05, 3.63) is 52.9 Å². The Morgan fingerprint density at radius 1 is 1.26 bits per heavy atom. The highest BCUT2D eigenvalue weighted by Gasteiger charge is 2.23. The predicted molar refractivity (Wildman–Crippen MR) is 126 cm³/mol. The number of hydrogen-bond acceptors (Lipinski definition) is 7. The van der Waals surface area contributed by atoms with Crippen molar-refractivity contribution in [1.82, 2.24) is 15.0 Å². The van der Waals surface area contributed by atoms with E-state index in [2.05, 4.69) is 15.0 Å². The third-order valence-electron chi connectivity index (χ3n) is 4.52. The molecule has 1 fully saturated rings. The molecule has 0 atom stereocenters. The molecule has 1 aliphatic rings. The van der Waals surface area contributed by atoms with E-state index in [1.165, 1.54) is 11.8 Å². The first-order chi connectivity index (χ1) is 14.6. The molecule has 0 bridgehead atoms. The fourth-order valence-corrected chi connectivity index (χ4v) is 5.80. The summed E-state index contributed by atoms with van der Waals surface area (Å²) in [6.07, 6.45) is 4.99. The summed E-state index contributed by atoms with van der Waals surface area (Å²) in [4.78, 5) is 16.9. The molecule has 31 heavy (non-hydrogen) atoms. The minimum atomic E-state index is -3.60. The number of carbonyl (C=O) groups excluding carboxylic acids is 1. The first kappa shape index (κ1) is 21.7. The van der Waals surface area contributed by atoms with Gasteiger partial charge in [0.2, 0.25) is 10.0 Å². The van der Waals surface area contributed by atoms with E-state index in [1.807, 2.05) is 0 Å². The van der Waals surface area contributed by atoms with E-state index >= 15 is 0 Å². The fraction of sp³-hybridized carbons (Fsp3) is 0.190. The molecule has 3 heterocycles. The molecule has 2 aromatic heterocycles. The second kappa shape index (κ2) is 8.19. The van der Waals surface area contributed by atoms with Crippen LogP contribution in [0.3, 0.4) is 0 Å². The summed E-state index contributed by atoms with van der Waals surface area (Å²) in [6, 6.07) is 6.71. The first-order valence-electron chi connectivity index (χ1n) is 9.40. The summed E-state index contributed by atoms with van der Waals surface area (Å²) in [5.74, 6) is 0.250.